The molecule has 2 atom stereocenters. The molecule has 0 aliphatic rings. The third-order valence-electron chi connectivity index (χ3n) is 13.3. The molecule has 0 rings (SSSR count). The number of rotatable bonds is 51. The van der Waals surface area contributed by atoms with Gasteiger partial charge in [-0.3, -0.25) is 14.4 Å². The average Bonchev–Trinajstić information content (AvgIpc) is 3.27. The molecule has 0 aliphatic heterocycles. The van der Waals surface area contributed by atoms with Gasteiger partial charge in [-0.05, 0) is 31.1 Å². The number of hydrogen-bond donors (Lipinski definition) is 0. The van der Waals surface area contributed by atoms with E-state index in [9.17, 15) is 14.4 Å². The van der Waals surface area contributed by atoms with Crippen molar-refractivity contribution >= 4 is 17.9 Å². The minimum atomic E-state index is -0.763. The first kappa shape index (κ1) is 61.4. The first-order chi connectivity index (χ1) is 30.8. The van der Waals surface area contributed by atoms with Crippen molar-refractivity contribution in [3.8, 4) is 0 Å². The summed E-state index contributed by atoms with van der Waals surface area (Å²) in [5.41, 5.74) is 0. The first-order valence-corrected chi connectivity index (χ1v) is 28.3. The normalized spacial score (nSPS) is 12.5. The molecule has 0 amide bonds. The lowest BCUT2D eigenvalue weighted by Gasteiger charge is -2.18. The van der Waals surface area contributed by atoms with Crippen LogP contribution in [0.4, 0.5) is 0 Å². The van der Waals surface area contributed by atoms with Gasteiger partial charge in [-0.2, -0.15) is 0 Å². The zero-order valence-corrected chi connectivity index (χ0v) is 43.2. The van der Waals surface area contributed by atoms with E-state index in [0.29, 0.717) is 19.3 Å². The summed E-state index contributed by atoms with van der Waals surface area (Å²) < 4.78 is 16.9. The van der Waals surface area contributed by atoms with Gasteiger partial charge in [0.2, 0.25) is 0 Å². The Kier molecular flexibility index (Phi) is 48.6. The third kappa shape index (κ3) is 49.7. The Labute approximate surface area is 393 Å². The van der Waals surface area contributed by atoms with Gasteiger partial charge in [0.15, 0.2) is 6.10 Å². The molecule has 0 radical (unpaired) electrons. The predicted octanol–water partition coefficient (Wildman–Crippen LogP) is 18.5. The molecule has 0 heterocycles. The van der Waals surface area contributed by atoms with Crippen LogP contribution >= 0.6 is 0 Å². The standard InChI is InChI=1S/C57H110O6/c1-6-8-9-10-11-12-13-14-15-19-22-25-28-31-37-42-47-55(58)61-50-54(51-62-56(59)48-43-38-34-33-36-41-46-53(5)7-2)63-57(60)49-44-39-32-29-26-23-20-17-16-18-21-24-27-30-35-40-45-52(3)4/h52-54H,6-51H2,1-5H3/t53?,54-/m1/s1. The molecule has 0 saturated carbocycles. The third-order valence-corrected chi connectivity index (χ3v) is 13.3. The maximum Gasteiger partial charge on any atom is 0.306 e. The highest BCUT2D eigenvalue weighted by Gasteiger charge is 2.19. The van der Waals surface area contributed by atoms with Gasteiger partial charge in [0.05, 0.1) is 0 Å². The van der Waals surface area contributed by atoms with Gasteiger partial charge >= 0.3 is 17.9 Å². The second kappa shape index (κ2) is 49.8. The molecule has 0 aromatic rings. The van der Waals surface area contributed by atoms with E-state index in [-0.39, 0.29) is 31.1 Å². The van der Waals surface area contributed by atoms with Crippen molar-refractivity contribution in [2.24, 2.45) is 11.8 Å². The molecule has 6 heteroatoms. The van der Waals surface area contributed by atoms with E-state index in [1.807, 2.05) is 0 Å². The summed E-state index contributed by atoms with van der Waals surface area (Å²) in [7, 11) is 0. The fourth-order valence-corrected chi connectivity index (χ4v) is 8.66. The monoisotopic (exact) mass is 891 g/mol. The van der Waals surface area contributed by atoms with Gasteiger partial charge in [0.1, 0.15) is 13.2 Å². The van der Waals surface area contributed by atoms with Gasteiger partial charge < -0.3 is 14.2 Å². The van der Waals surface area contributed by atoms with Crippen LogP contribution in [0.3, 0.4) is 0 Å². The van der Waals surface area contributed by atoms with Crippen molar-refractivity contribution in [1.82, 2.24) is 0 Å². The minimum Gasteiger partial charge on any atom is -0.462 e. The van der Waals surface area contributed by atoms with Crippen LogP contribution in [0.15, 0.2) is 0 Å². The molecule has 0 saturated heterocycles. The van der Waals surface area contributed by atoms with E-state index < -0.39 is 6.10 Å². The van der Waals surface area contributed by atoms with Gasteiger partial charge in [-0.25, -0.2) is 0 Å². The summed E-state index contributed by atoms with van der Waals surface area (Å²) in [5.74, 6) is 0.821. The van der Waals surface area contributed by atoms with Gasteiger partial charge in [-0.1, -0.05) is 279 Å². The van der Waals surface area contributed by atoms with E-state index >= 15 is 0 Å². The molecule has 374 valence electrons. The lowest BCUT2D eigenvalue weighted by atomic mass is 10.00. The van der Waals surface area contributed by atoms with Crippen molar-refractivity contribution in [2.75, 3.05) is 13.2 Å². The molecule has 0 aromatic carbocycles. The van der Waals surface area contributed by atoms with Crippen molar-refractivity contribution in [2.45, 2.75) is 323 Å². The summed E-state index contributed by atoms with van der Waals surface area (Å²) >= 11 is 0. The summed E-state index contributed by atoms with van der Waals surface area (Å²) in [5, 5.41) is 0. The molecule has 0 aromatic heterocycles. The smallest absolute Gasteiger partial charge is 0.306 e. The zero-order valence-electron chi connectivity index (χ0n) is 43.2. The molecular weight excluding hydrogens is 781 g/mol. The van der Waals surface area contributed by atoms with E-state index in [4.69, 9.17) is 14.2 Å². The molecule has 6 nitrogen and oxygen atoms in total. The summed E-state index contributed by atoms with van der Waals surface area (Å²) in [6.07, 6.45) is 52.4. The number of hydrogen-bond acceptors (Lipinski definition) is 6. The van der Waals surface area contributed by atoms with Crippen LogP contribution in [0, 0.1) is 11.8 Å². The fourth-order valence-electron chi connectivity index (χ4n) is 8.66. The van der Waals surface area contributed by atoms with Gasteiger partial charge in [0.25, 0.3) is 0 Å². The number of esters is 3. The van der Waals surface area contributed by atoms with E-state index in [2.05, 4.69) is 34.6 Å². The SMILES string of the molecule is CCCCCCCCCCCCCCCCCCC(=O)OC[C@H](COC(=O)CCCCCCCCC(C)CC)OC(=O)CCCCCCCCCCCCCCCCCCC(C)C. The average molecular weight is 892 g/mol. The lowest BCUT2D eigenvalue weighted by molar-refractivity contribution is -0.167. The molecule has 0 aliphatic carbocycles. The second-order valence-corrected chi connectivity index (χ2v) is 20.3. The van der Waals surface area contributed by atoms with E-state index in [1.165, 1.54) is 205 Å². The number of ether oxygens (including phenoxy) is 3. The summed E-state index contributed by atoms with van der Waals surface area (Å²) in [4.78, 5) is 38.0. The second-order valence-electron chi connectivity index (χ2n) is 20.3. The van der Waals surface area contributed by atoms with Gasteiger partial charge in [-0.15, -0.1) is 0 Å². The summed E-state index contributed by atoms with van der Waals surface area (Å²) in [6.45, 7) is 11.4. The van der Waals surface area contributed by atoms with E-state index in [0.717, 1.165) is 69.6 Å². The Morgan fingerprint density at radius 2 is 0.603 bits per heavy atom. The molecule has 0 N–H and O–H groups in total. The lowest BCUT2D eigenvalue weighted by Crippen LogP contribution is -2.30. The Balaban J connectivity index is 4.25. The highest BCUT2D eigenvalue weighted by atomic mass is 16.6. The minimum absolute atomic E-state index is 0.0636. The van der Waals surface area contributed by atoms with Crippen LogP contribution in [-0.4, -0.2) is 37.2 Å². The van der Waals surface area contributed by atoms with Crippen LogP contribution in [-0.2, 0) is 28.6 Å². The van der Waals surface area contributed by atoms with Crippen LogP contribution in [0.25, 0.3) is 0 Å². The van der Waals surface area contributed by atoms with Crippen LogP contribution in [0.2, 0.25) is 0 Å². The molecule has 0 spiro atoms. The summed E-state index contributed by atoms with van der Waals surface area (Å²) in [6, 6.07) is 0. The van der Waals surface area contributed by atoms with Crippen molar-refractivity contribution in [1.29, 1.82) is 0 Å². The zero-order chi connectivity index (χ0) is 46.1. The fraction of sp³-hybridized carbons (Fsp3) is 0.947. The Morgan fingerprint density at radius 3 is 0.905 bits per heavy atom. The number of unbranched alkanes of at least 4 members (excludes halogenated alkanes) is 35. The molecule has 1 unspecified atom stereocenters. The molecule has 0 fully saturated rings. The highest BCUT2D eigenvalue weighted by molar-refractivity contribution is 5.71. The Hall–Kier alpha value is -1.59. The highest BCUT2D eigenvalue weighted by Crippen LogP contribution is 2.18. The number of carbonyl (C=O) groups is 3. The Morgan fingerprint density at radius 1 is 0.333 bits per heavy atom. The molecular formula is C57H110O6. The number of carbonyl (C=O) groups excluding carboxylic acids is 3. The van der Waals surface area contributed by atoms with Gasteiger partial charge in [0, 0.05) is 19.3 Å². The van der Waals surface area contributed by atoms with E-state index in [1.54, 1.807) is 0 Å². The van der Waals surface area contributed by atoms with Crippen LogP contribution < -0.4 is 0 Å². The van der Waals surface area contributed by atoms with Crippen LogP contribution in [0.5, 0.6) is 0 Å². The van der Waals surface area contributed by atoms with Crippen molar-refractivity contribution < 1.29 is 28.6 Å². The predicted molar refractivity (Wildman–Crippen MR) is 270 cm³/mol. The first-order valence-electron chi connectivity index (χ1n) is 28.3. The maximum atomic E-state index is 12.8. The largest absolute Gasteiger partial charge is 0.462 e. The molecule has 0 bridgehead atoms. The maximum absolute atomic E-state index is 12.8. The quantitative estimate of drug-likeness (QED) is 0.0344. The van der Waals surface area contributed by atoms with Crippen LogP contribution in [0.1, 0.15) is 317 Å². The topological polar surface area (TPSA) is 78.9 Å². The molecule has 63 heavy (non-hydrogen) atoms. The van der Waals surface area contributed by atoms with Crippen molar-refractivity contribution in [3.63, 3.8) is 0 Å². The Bertz CT molecular complexity index is 964. The van der Waals surface area contributed by atoms with Crippen molar-refractivity contribution in [3.05, 3.63) is 0 Å².